The molecule has 44 heavy (non-hydrogen) atoms. The fraction of sp³-hybridized carbons (Fsp3) is 0. The van der Waals surface area contributed by atoms with Crippen molar-refractivity contribution < 1.29 is 0 Å². The summed E-state index contributed by atoms with van der Waals surface area (Å²) >= 11 is 0. The first-order valence-electron chi connectivity index (χ1n) is 15.2. The molecule has 0 saturated heterocycles. The number of hydrogen-bond acceptors (Lipinski definition) is 0. The molecule has 0 fully saturated rings. The minimum atomic E-state index is 1.17. The summed E-state index contributed by atoms with van der Waals surface area (Å²) in [5, 5.41) is 12.8. The van der Waals surface area contributed by atoms with E-state index in [-0.39, 0.29) is 0 Å². The van der Waals surface area contributed by atoms with E-state index in [1.165, 1.54) is 92.7 Å². The van der Waals surface area contributed by atoms with Crippen molar-refractivity contribution in [2.45, 2.75) is 0 Å². The van der Waals surface area contributed by atoms with Gasteiger partial charge in [0.15, 0.2) is 0 Å². The number of rotatable bonds is 2. The van der Waals surface area contributed by atoms with Crippen LogP contribution in [-0.2, 0) is 0 Å². The number of benzene rings is 8. The summed E-state index contributed by atoms with van der Waals surface area (Å²) in [5.74, 6) is 0. The maximum atomic E-state index is 3.56. The standard InChI is InChI=1S/C42H26N2/c1-2-11-31-29(9-1)30-10-3-4-12-32(30)36-25-28(19-20-33(31)36)44-41-16-8-6-14-35(41)38-24-27(18-22-42(38)44)26-17-21-40-37(23-26)34-13-5-7-15-39(34)43-40/h1-25,43H. The van der Waals surface area contributed by atoms with Gasteiger partial charge in [0.2, 0.25) is 0 Å². The molecule has 10 aromatic rings. The predicted octanol–water partition coefficient (Wildman–Crippen LogP) is 11.5. The van der Waals surface area contributed by atoms with Gasteiger partial charge < -0.3 is 9.55 Å². The van der Waals surface area contributed by atoms with Crippen LogP contribution in [0.3, 0.4) is 0 Å². The van der Waals surface area contributed by atoms with Gasteiger partial charge in [-0.2, -0.15) is 0 Å². The van der Waals surface area contributed by atoms with Crippen molar-refractivity contribution in [3.05, 3.63) is 152 Å². The summed E-state index contributed by atoms with van der Waals surface area (Å²) in [6.45, 7) is 0. The van der Waals surface area contributed by atoms with Crippen LogP contribution < -0.4 is 0 Å². The fourth-order valence-electron chi connectivity index (χ4n) is 7.49. The van der Waals surface area contributed by atoms with Crippen molar-refractivity contribution in [3.63, 3.8) is 0 Å². The van der Waals surface area contributed by atoms with Gasteiger partial charge in [0.1, 0.15) is 0 Å². The van der Waals surface area contributed by atoms with Crippen LogP contribution in [0.15, 0.2) is 152 Å². The van der Waals surface area contributed by atoms with Gasteiger partial charge in [0.25, 0.3) is 0 Å². The Kier molecular flexibility index (Phi) is 4.75. The number of fused-ring (bicyclic) bond motifs is 12. The highest BCUT2D eigenvalue weighted by atomic mass is 15.0. The summed E-state index contributed by atoms with van der Waals surface area (Å²) < 4.78 is 2.43. The molecule has 0 saturated carbocycles. The maximum absolute atomic E-state index is 3.56. The van der Waals surface area contributed by atoms with Crippen LogP contribution in [-0.4, -0.2) is 9.55 Å². The average molecular weight is 559 g/mol. The number of nitrogens with zero attached hydrogens (tertiary/aromatic N) is 1. The maximum Gasteiger partial charge on any atom is 0.0541 e. The Labute approximate surface area is 253 Å². The van der Waals surface area contributed by atoms with E-state index in [1.54, 1.807) is 0 Å². The van der Waals surface area contributed by atoms with Crippen LogP contribution in [0.4, 0.5) is 0 Å². The molecule has 2 heterocycles. The number of aromatic nitrogens is 2. The van der Waals surface area contributed by atoms with Crippen LogP contribution in [0, 0.1) is 0 Å². The lowest BCUT2D eigenvalue weighted by Gasteiger charge is -2.14. The predicted molar refractivity (Wildman–Crippen MR) is 188 cm³/mol. The molecule has 0 aliphatic carbocycles. The van der Waals surface area contributed by atoms with Crippen LogP contribution in [0.25, 0.3) is 92.7 Å². The Balaban J connectivity index is 1.22. The van der Waals surface area contributed by atoms with Gasteiger partial charge in [-0.15, -0.1) is 0 Å². The summed E-state index contributed by atoms with van der Waals surface area (Å²) in [4.78, 5) is 3.56. The Morgan fingerprint density at radius 3 is 1.59 bits per heavy atom. The summed E-state index contributed by atoms with van der Waals surface area (Å²) in [5.41, 5.74) is 8.41. The van der Waals surface area contributed by atoms with Gasteiger partial charge in [0.05, 0.1) is 11.0 Å². The highest BCUT2D eigenvalue weighted by Gasteiger charge is 2.16. The second kappa shape index (κ2) is 8.82. The molecule has 204 valence electrons. The highest BCUT2D eigenvalue weighted by molar-refractivity contribution is 6.25. The van der Waals surface area contributed by atoms with Crippen molar-refractivity contribution in [2.24, 2.45) is 0 Å². The Morgan fingerprint density at radius 2 is 0.841 bits per heavy atom. The molecule has 0 radical (unpaired) electrons. The molecule has 1 N–H and O–H groups in total. The van der Waals surface area contributed by atoms with Crippen LogP contribution in [0.5, 0.6) is 0 Å². The van der Waals surface area contributed by atoms with Gasteiger partial charge >= 0.3 is 0 Å². The minimum Gasteiger partial charge on any atom is -0.355 e. The number of para-hydroxylation sites is 2. The SMILES string of the molecule is c1ccc2c(c1)[nH]c1ccc(-c3ccc4c(c3)c3ccccc3n4-c3ccc4c5ccccc5c5ccccc5c4c3)cc12. The molecule has 0 bridgehead atoms. The molecular formula is C42H26N2. The molecule has 0 spiro atoms. The molecule has 8 aromatic carbocycles. The second-order valence-corrected chi connectivity index (χ2v) is 11.8. The molecule has 0 aliphatic heterocycles. The third-order valence-electron chi connectivity index (χ3n) is 9.50. The first kappa shape index (κ1) is 23.7. The van der Waals surface area contributed by atoms with Crippen molar-refractivity contribution in [3.8, 4) is 16.8 Å². The average Bonchev–Trinajstić information content (AvgIpc) is 3.63. The Morgan fingerprint density at radius 1 is 0.318 bits per heavy atom. The Hall–Kier alpha value is -5.86. The largest absolute Gasteiger partial charge is 0.355 e. The molecule has 0 aliphatic rings. The molecule has 0 atom stereocenters. The Bertz CT molecular complexity index is 2740. The van der Waals surface area contributed by atoms with Gasteiger partial charge in [-0.05, 0) is 92.0 Å². The van der Waals surface area contributed by atoms with E-state index in [0.717, 1.165) is 0 Å². The summed E-state index contributed by atoms with van der Waals surface area (Å²) in [7, 11) is 0. The van der Waals surface area contributed by atoms with Crippen LogP contribution in [0.2, 0.25) is 0 Å². The molecule has 0 amide bonds. The van der Waals surface area contributed by atoms with Crippen molar-refractivity contribution in [1.82, 2.24) is 9.55 Å². The van der Waals surface area contributed by atoms with Gasteiger partial charge in [-0.3, -0.25) is 0 Å². The van der Waals surface area contributed by atoms with Crippen molar-refractivity contribution >= 4 is 75.9 Å². The van der Waals surface area contributed by atoms with Gasteiger partial charge in [-0.25, -0.2) is 0 Å². The van der Waals surface area contributed by atoms with E-state index < -0.39 is 0 Å². The van der Waals surface area contributed by atoms with Crippen molar-refractivity contribution in [1.29, 1.82) is 0 Å². The molecular weight excluding hydrogens is 532 g/mol. The number of aromatic amines is 1. The van der Waals surface area contributed by atoms with E-state index in [0.29, 0.717) is 0 Å². The van der Waals surface area contributed by atoms with Crippen LogP contribution in [0.1, 0.15) is 0 Å². The van der Waals surface area contributed by atoms with E-state index in [9.17, 15) is 0 Å². The third kappa shape index (κ3) is 3.25. The molecule has 10 rings (SSSR count). The zero-order valence-electron chi connectivity index (χ0n) is 23.9. The monoisotopic (exact) mass is 558 g/mol. The smallest absolute Gasteiger partial charge is 0.0541 e. The lowest BCUT2D eigenvalue weighted by molar-refractivity contribution is 1.19. The van der Waals surface area contributed by atoms with Crippen molar-refractivity contribution in [2.75, 3.05) is 0 Å². The first-order chi connectivity index (χ1) is 21.8. The number of H-pyrrole nitrogens is 1. The minimum absolute atomic E-state index is 1.17. The summed E-state index contributed by atoms with van der Waals surface area (Å²) in [6.07, 6.45) is 0. The van der Waals surface area contributed by atoms with Crippen LogP contribution >= 0.6 is 0 Å². The fourth-order valence-corrected chi connectivity index (χ4v) is 7.49. The lowest BCUT2D eigenvalue weighted by atomic mass is 9.94. The van der Waals surface area contributed by atoms with E-state index in [1.807, 2.05) is 0 Å². The molecule has 2 nitrogen and oxygen atoms in total. The first-order valence-corrected chi connectivity index (χ1v) is 15.2. The van der Waals surface area contributed by atoms with E-state index in [2.05, 4.69) is 161 Å². The zero-order chi connectivity index (χ0) is 28.8. The molecule has 0 unspecified atom stereocenters. The topological polar surface area (TPSA) is 20.7 Å². The number of nitrogens with one attached hydrogen (secondary N) is 1. The normalized spacial score (nSPS) is 12.1. The third-order valence-corrected chi connectivity index (χ3v) is 9.50. The molecule has 2 heteroatoms. The molecule has 2 aromatic heterocycles. The van der Waals surface area contributed by atoms with E-state index in [4.69, 9.17) is 0 Å². The highest BCUT2D eigenvalue weighted by Crippen LogP contribution is 2.39. The lowest BCUT2D eigenvalue weighted by Crippen LogP contribution is -1.94. The van der Waals surface area contributed by atoms with Gasteiger partial charge in [-0.1, -0.05) is 103 Å². The summed E-state index contributed by atoms with van der Waals surface area (Å²) in [6, 6.07) is 55.6. The quantitative estimate of drug-likeness (QED) is 0.204. The number of hydrogen-bond donors (Lipinski definition) is 1. The second-order valence-electron chi connectivity index (χ2n) is 11.8. The zero-order valence-corrected chi connectivity index (χ0v) is 23.9. The van der Waals surface area contributed by atoms with E-state index >= 15 is 0 Å². The van der Waals surface area contributed by atoms with Gasteiger partial charge in [0, 0.05) is 38.3 Å².